The fraction of sp³-hybridized carbons (Fsp3) is 0.667. The number of rotatable bonds is 4. The number of likely N-dealkylation sites (tertiary alicyclic amines) is 1. The number of benzene rings is 1. The molecule has 2 nitrogen and oxygen atoms in total. The summed E-state index contributed by atoms with van der Waals surface area (Å²) in [5, 5.41) is 10.3. The molecule has 1 aliphatic carbocycles. The van der Waals surface area contributed by atoms with Gasteiger partial charge in [-0.2, -0.15) is 0 Å². The van der Waals surface area contributed by atoms with Crippen LogP contribution in [0.2, 0.25) is 0 Å². The third-order valence-electron chi connectivity index (χ3n) is 5.30. The molecular formula is C18H26FNO. The lowest BCUT2D eigenvalue weighted by atomic mass is 9.78. The molecule has 0 amide bonds. The van der Waals surface area contributed by atoms with Crippen molar-refractivity contribution >= 4 is 0 Å². The van der Waals surface area contributed by atoms with Crippen molar-refractivity contribution in [2.24, 2.45) is 5.92 Å². The predicted octanol–water partition coefficient (Wildman–Crippen LogP) is 3.90. The highest BCUT2D eigenvalue weighted by atomic mass is 19.1. The molecular weight excluding hydrogens is 265 g/mol. The minimum Gasteiger partial charge on any atom is -0.388 e. The van der Waals surface area contributed by atoms with Crippen LogP contribution in [0.3, 0.4) is 0 Å². The van der Waals surface area contributed by atoms with Gasteiger partial charge in [-0.3, -0.25) is 0 Å². The molecule has 1 saturated heterocycles. The number of halogens is 1. The molecule has 2 fully saturated rings. The third kappa shape index (κ3) is 3.64. The fourth-order valence-corrected chi connectivity index (χ4v) is 4.15. The van der Waals surface area contributed by atoms with Gasteiger partial charge in [-0.05, 0) is 62.3 Å². The lowest BCUT2D eigenvalue weighted by Crippen LogP contribution is -2.47. The van der Waals surface area contributed by atoms with Gasteiger partial charge in [0.15, 0.2) is 0 Å². The Morgan fingerprint density at radius 3 is 2.62 bits per heavy atom. The maximum atomic E-state index is 12.9. The van der Waals surface area contributed by atoms with E-state index in [1.165, 1.54) is 57.2 Å². The molecule has 0 aromatic heterocycles. The molecule has 1 unspecified atom stereocenters. The lowest BCUT2D eigenvalue weighted by Gasteiger charge is -2.44. The summed E-state index contributed by atoms with van der Waals surface area (Å²) < 4.78 is 12.9. The number of fused-ring (bicyclic) bond motifs is 1. The summed E-state index contributed by atoms with van der Waals surface area (Å²) in [6, 6.07) is 6.99. The van der Waals surface area contributed by atoms with Gasteiger partial charge >= 0.3 is 0 Å². The number of piperidine rings is 1. The van der Waals surface area contributed by atoms with Gasteiger partial charge in [-0.1, -0.05) is 25.0 Å². The Balaban J connectivity index is 1.55. The highest BCUT2D eigenvalue weighted by Gasteiger charge is 2.32. The summed E-state index contributed by atoms with van der Waals surface area (Å²) in [7, 11) is 0. The van der Waals surface area contributed by atoms with Crippen LogP contribution in [-0.2, 0) is 0 Å². The molecule has 1 aromatic carbocycles. The Kier molecular flexibility index (Phi) is 4.91. The average Bonchev–Trinajstić information content (AvgIpc) is 2.53. The molecule has 3 atom stereocenters. The third-order valence-corrected chi connectivity index (χ3v) is 5.30. The molecule has 1 aliphatic heterocycles. The summed E-state index contributed by atoms with van der Waals surface area (Å²) in [5.74, 6) is 0.641. The number of aliphatic hydroxyl groups excluding tert-OH is 1. The van der Waals surface area contributed by atoms with E-state index in [0.717, 1.165) is 30.5 Å². The first-order valence-electron chi connectivity index (χ1n) is 8.41. The normalized spacial score (nSPS) is 28.1. The first-order chi connectivity index (χ1) is 10.2. The Labute approximate surface area is 127 Å². The van der Waals surface area contributed by atoms with Crippen molar-refractivity contribution in [2.75, 3.05) is 13.1 Å². The largest absolute Gasteiger partial charge is 0.388 e. The van der Waals surface area contributed by atoms with Gasteiger partial charge in [-0.25, -0.2) is 4.39 Å². The van der Waals surface area contributed by atoms with Crippen LogP contribution in [0, 0.1) is 11.7 Å². The lowest BCUT2D eigenvalue weighted by molar-refractivity contribution is 0.0456. The van der Waals surface area contributed by atoms with Gasteiger partial charge in [0.1, 0.15) is 5.82 Å². The molecule has 0 radical (unpaired) electrons. The zero-order valence-corrected chi connectivity index (χ0v) is 12.7. The second-order valence-corrected chi connectivity index (χ2v) is 6.65. The van der Waals surface area contributed by atoms with Crippen molar-refractivity contribution in [3.8, 4) is 0 Å². The quantitative estimate of drug-likeness (QED) is 0.909. The molecule has 1 saturated carbocycles. The Morgan fingerprint density at radius 1 is 1.10 bits per heavy atom. The Hall–Kier alpha value is -0.930. The van der Waals surface area contributed by atoms with E-state index < -0.39 is 6.10 Å². The summed E-state index contributed by atoms with van der Waals surface area (Å²) in [5.41, 5.74) is 0.827. The molecule has 2 aliphatic rings. The zero-order chi connectivity index (χ0) is 14.7. The monoisotopic (exact) mass is 291 g/mol. The number of nitrogens with zero attached hydrogens (tertiary/aromatic N) is 1. The maximum absolute atomic E-state index is 12.9. The van der Waals surface area contributed by atoms with Crippen LogP contribution < -0.4 is 0 Å². The topological polar surface area (TPSA) is 23.5 Å². The van der Waals surface area contributed by atoms with Gasteiger partial charge in [0.2, 0.25) is 0 Å². The van der Waals surface area contributed by atoms with E-state index in [1.807, 2.05) is 0 Å². The van der Waals surface area contributed by atoms with E-state index in [9.17, 15) is 9.50 Å². The van der Waals surface area contributed by atoms with E-state index in [1.54, 1.807) is 12.1 Å². The molecule has 1 heterocycles. The highest BCUT2D eigenvalue weighted by Crippen LogP contribution is 2.35. The van der Waals surface area contributed by atoms with E-state index in [4.69, 9.17) is 0 Å². The second-order valence-electron chi connectivity index (χ2n) is 6.65. The second kappa shape index (κ2) is 6.89. The van der Waals surface area contributed by atoms with Gasteiger partial charge in [-0.15, -0.1) is 0 Å². The van der Waals surface area contributed by atoms with E-state index in [2.05, 4.69) is 4.90 Å². The Morgan fingerprint density at radius 2 is 1.81 bits per heavy atom. The average molecular weight is 291 g/mol. The highest BCUT2D eigenvalue weighted by molar-refractivity contribution is 5.18. The molecule has 1 N–H and O–H groups in total. The van der Waals surface area contributed by atoms with Crippen LogP contribution in [0.1, 0.15) is 56.6 Å². The van der Waals surface area contributed by atoms with E-state index in [-0.39, 0.29) is 5.82 Å². The van der Waals surface area contributed by atoms with E-state index in [0.29, 0.717) is 0 Å². The fourth-order valence-electron chi connectivity index (χ4n) is 4.15. The maximum Gasteiger partial charge on any atom is 0.123 e. The summed E-state index contributed by atoms with van der Waals surface area (Å²) in [6.45, 7) is 2.14. The van der Waals surface area contributed by atoms with Crippen LogP contribution in [0.15, 0.2) is 24.3 Å². The van der Waals surface area contributed by atoms with Crippen molar-refractivity contribution in [1.82, 2.24) is 4.90 Å². The van der Waals surface area contributed by atoms with Crippen LogP contribution in [0.25, 0.3) is 0 Å². The van der Waals surface area contributed by atoms with E-state index >= 15 is 0 Å². The molecule has 3 rings (SSSR count). The first-order valence-corrected chi connectivity index (χ1v) is 8.41. The predicted molar refractivity (Wildman–Crippen MR) is 82.5 cm³/mol. The molecule has 0 bridgehead atoms. The number of aliphatic hydroxyl groups is 1. The summed E-state index contributed by atoms with van der Waals surface area (Å²) in [6.07, 6.45) is 8.43. The molecule has 1 aromatic rings. The van der Waals surface area contributed by atoms with Crippen molar-refractivity contribution in [3.63, 3.8) is 0 Å². The Bertz CT molecular complexity index is 445. The minimum atomic E-state index is -0.477. The SMILES string of the molecule is OC(CCN1CCC[C@H]2CCCC[C@H]21)c1ccc(F)cc1. The molecule has 3 heteroatoms. The van der Waals surface area contributed by atoms with Crippen LogP contribution in [-0.4, -0.2) is 29.1 Å². The van der Waals surface area contributed by atoms with Crippen molar-refractivity contribution in [2.45, 2.75) is 57.1 Å². The zero-order valence-electron chi connectivity index (χ0n) is 12.7. The number of hydrogen-bond acceptors (Lipinski definition) is 2. The van der Waals surface area contributed by atoms with Crippen molar-refractivity contribution in [1.29, 1.82) is 0 Å². The van der Waals surface area contributed by atoms with Gasteiger partial charge in [0, 0.05) is 12.6 Å². The minimum absolute atomic E-state index is 0.243. The van der Waals surface area contributed by atoms with Crippen molar-refractivity contribution in [3.05, 3.63) is 35.6 Å². The molecule has 0 spiro atoms. The van der Waals surface area contributed by atoms with Crippen LogP contribution in [0.5, 0.6) is 0 Å². The van der Waals surface area contributed by atoms with Crippen LogP contribution in [0.4, 0.5) is 4.39 Å². The molecule has 21 heavy (non-hydrogen) atoms. The van der Waals surface area contributed by atoms with Gasteiger partial charge in [0.25, 0.3) is 0 Å². The standard InChI is InChI=1S/C18H26FNO/c19-16-9-7-15(8-10-16)18(21)11-13-20-12-3-5-14-4-1-2-6-17(14)20/h7-10,14,17-18,21H,1-6,11-13H2/t14-,17-,18?/m1/s1. The van der Waals surface area contributed by atoms with Crippen LogP contribution >= 0.6 is 0 Å². The molecule has 116 valence electrons. The summed E-state index contributed by atoms with van der Waals surface area (Å²) >= 11 is 0. The van der Waals surface area contributed by atoms with Gasteiger partial charge < -0.3 is 10.0 Å². The van der Waals surface area contributed by atoms with Crippen molar-refractivity contribution < 1.29 is 9.50 Å². The number of hydrogen-bond donors (Lipinski definition) is 1. The summed E-state index contributed by atoms with van der Waals surface area (Å²) in [4.78, 5) is 2.60. The van der Waals surface area contributed by atoms with Gasteiger partial charge in [0.05, 0.1) is 6.10 Å². The first kappa shape index (κ1) is 15.0. The smallest absolute Gasteiger partial charge is 0.123 e.